The van der Waals surface area contributed by atoms with Gasteiger partial charge >= 0.3 is 5.97 Å². The number of sulfonamides is 1. The Labute approximate surface area is 185 Å². The Hall–Kier alpha value is -2.69. The molecule has 0 saturated carbocycles. The number of nitrogens with zero attached hydrogens (tertiary/aromatic N) is 4. The zero-order valence-electron chi connectivity index (χ0n) is 17.3. The molecule has 1 fully saturated rings. The first-order valence-electron chi connectivity index (χ1n) is 9.66. The van der Waals surface area contributed by atoms with Crippen LogP contribution < -0.4 is 0 Å². The highest BCUT2D eigenvalue weighted by molar-refractivity contribution is 8.00. The van der Waals surface area contributed by atoms with Gasteiger partial charge in [-0.05, 0) is 36.8 Å². The van der Waals surface area contributed by atoms with Crippen molar-refractivity contribution in [1.29, 1.82) is 0 Å². The standard InChI is InChI=1S/C21H22N4O4S2/c1-14-6-4-8-16(12-14)25-19(22-23-21(25)30-18-10-11-29-20(18)26)15-7-5-9-17(13-15)31(27,28)24(2)3/h4-9,12-13,18H,10-11H2,1-3H3/t18-/m0/s1. The lowest BCUT2D eigenvalue weighted by atomic mass is 10.2. The number of aromatic nitrogens is 3. The summed E-state index contributed by atoms with van der Waals surface area (Å²) in [5.74, 6) is 0.236. The topological polar surface area (TPSA) is 94.4 Å². The van der Waals surface area contributed by atoms with Crippen molar-refractivity contribution in [2.75, 3.05) is 20.7 Å². The maximum atomic E-state index is 12.6. The average Bonchev–Trinajstić information content (AvgIpc) is 3.34. The van der Waals surface area contributed by atoms with E-state index >= 15 is 0 Å². The quantitative estimate of drug-likeness (QED) is 0.524. The van der Waals surface area contributed by atoms with Crippen molar-refractivity contribution in [1.82, 2.24) is 19.1 Å². The molecule has 0 radical (unpaired) electrons. The highest BCUT2D eigenvalue weighted by Gasteiger charge is 2.30. The summed E-state index contributed by atoms with van der Waals surface area (Å²) in [4.78, 5) is 12.2. The van der Waals surface area contributed by atoms with E-state index in [1.807, 2.05) is 35.8 Å². The summed E-state index contributed by atoms with van der Waals surface area (Å²) in [6.07, 6.45) is 0.607. The molecule has 1 aromatic heterocycles. The third-order valence-corrected chi connectivity index (χ3v) is 7.90. The minimum Gasteiger partial charge on any atom is -0.465 e. The fourth-order valence-electron chi connectivity index (χ4n) is 3.25. The summed E-state index contributed by atoms with van der Waals surface area (Å²) >= 11 is 1.31. The number of carbonyl (C=O) groups is 1. The molecule has 162 valence electrons. The van der Waals surface area contributed by atoms with E-state index in [4.69, 9.17) is 4.74 Å². The second-order valence-corrected chi connectivity index (χ2v) is 10.7. The first-order chi connectivity index (χ1) is 14.8. The van der Waals surface area contributed by atoms with Crippen molar-refractivity contribution in [3.05, 3.63) is 54.1 Å². The van der Waals surface area contributed by atoms with E-state index in [1.165, 1.54) is 30.2 Å². The minimum atomic E-state index is -3.60. The van der Waals surface area contributed by atoms with Crippen LogP contribution in [0.4, 0.5) is 0 Å². The molecule has 0 bridgehead atoms. The molecular weight excluding hydrogens is 436 g/mol. The van der Waals surface area contributed by atoms with Gasteiger partial charge < -0.3 is 4.74 Å². The van der Waals surface area contributed by atoms with Gasteiger partial charge in [0.05, 0.1) is 11.5 Å². The van der Waals surface area contributed by atoms with Crippen LogP contribution in [0.25, 0.3) is 17.1 Å². The van der Waals surface area contributed by atoms with Crippen LogP contribution in [0.3, 0.4) is 0 Å². The lowest BCUT2D eigenvalue weighted by molar-refractivity contribution is -0.137. The Morgan fingerprint density at radius 2 is 1.90 bits per heavy atom. The van der Waals surface area contributed by atoms with Crippen LogP contribution in [-0.2, 0) is 19.6 Å². The first-order valence-corrected chi connectivity index (χ1v) is 12.0. The van der Waals surface area contributed by atoms with Crippen LogP contribution in [0.15, 0.2) is 58.6 Å². The molecule has 3 aromatic rings. The molecule has 2 heterocycles. The molecule has 1 saturated heterocycles. The Bertz CT molecular complexity index is 1240. The van der Waals surface area contributed by atoms with E-state index < -0.39 is 10.0 Å². The van der Waals surface area contributed by atoms with Gasteiger partial charge in [-0.25, -0.2) is 12.7 Å². The summed E-state index contributed by atoms with van der Waals surface area (Å²) in [7, 11) is -0.616. The summed E-state index contributed by atoms with van der Waals surface area (Å²) in [6.45, 7) is 2.38. The fourth-order valence-corrected chi connectivity index (χ4v) is 5.22. The van der Waals surface area contributed by atoms with E-state index in [-0.39, 0.29) is 16.1 Å². The molecule has 0 N–H and O–H groups in total. The molecule has 31 heavy (non-hydrogen) atoms. The van der Waals surface area contributed by atoms with Gasteiger partial charge in [-0.1, -0.05) is 36.0 Å². The van der Waals surface area contributed by atoms with Crippen LogP contribution >= 0.6 is 11.8 Å². The number of cyclic esters (lactones) is 1. The smallest absolute Gasteiger partial charge is 0.319 e. The Morgan fingerprint density at radius 1 is 1.13 bits per heavy atom. The molecule has 0 amide bonds. The number of ether oxygens (including phenoxy) is 1. The molecule has 1 atom stereocenters. The van der Waals surface area contributed by atoms with Crippen molar-refractivity contribution in [3.63, 3.8) is 0 Å². The summed E-state index contributed by atoms with van der Waals surface area (Å²) < 4.78 is 33.3. The Balaban J connectivity index is 1.84. The zero-order chi connectivity index (χ0) is 22.2. The number of rotatable bonds is 6. The van der Waals surface area contributed by atoms with E-state index in [0.29, 0.717) is 29.6 Å². The van der Waals surface area contributed by atoms with Crippen LogP contribution in [0.5, 0.6) is 0 Å². The first kappa shape index (κ1) is 21.5. The number of hydrogen-bond donors (Lipinski definition) is 0. The molecule has 10 heteroatoms. The summed E-state index contributed by atoms with van der Waals surface area (Å²) in [6, 6.07) is 14.5. The number of carbonyl (C=O) groups excluding carboxylic acids is 1. The Kier molecular flexibility index (Phi) is 5.87. The van der Waals surface area contributed by atoms with Gasteiger partial charge in [0.15, 0.2) is 11.0 Å². The predicted molar refractivity (Wildman–Crippen MR) is 118 cm³/mol. The minimum absolute atomic E-state index is 0.169. The van der Waals surface area contributed by atoms with Gasteiger partial charge in [0.25, 0.3) is 0 Å². The van der Waals surface area contributed by atoms with Gasteiger partial charge in [-0.15, -0.1) is 10.2 Å². The number of benzene rings is 2. The Morgan fingerprint density at radius 3 is 2.58 bits per heavy atom. The van der Waals surface area contributed by atoms with Gasteiger partial charge in [0.2, 0.25) is 10.0 Å². The molecular formula is C21H22N4O4S2. The average molecular weight is 459 g/mol. The summed E-state index contributed by atoms with van der Waals surface area (Å²) in [5, 5.41) is 8.89. The number of esters is 1. The van der Waals surface area contributed by atoms with Gasteiger partial charge in [0.1, 0.15) is 5.25 Å². The van der Waals surface area contributed by atoms with E-state index in [0.717, 1.165) is 11.3 Å². The molecule has 1 aliphatic rings. The maximum absolute atomic E-state index is 12.6. The summed E-state index contributed by atoms with van der Waals surface area (Å²) in [5.41, 5.74) is 2.49. The highest BCUT2D eigenvalue weighted by Crippen LogP contribution is 2.34. The second kappa shape index (κ2) is 8.45. The third-order valence-electron chi connectivity index (χ3n) is 4.90. The van der Waals surface area contributed by atoms with Crippen molar-refractivity contribution < 1.29 is 17.9 Å². The van der Waals surface area contributed by atoms with Crippen molar-refractivity contribution in [2.45, 2.75) is 28.6 Å². The van der Waals surface area contributed by atoms with Crippen molar-refractivity contribution in [2.24, 2.45) is 0 Å². The normalized spacial score (nSPS) is 16.6. The van der Waals surface area contributed by atoms with Gasteiger partial charge in [-0.3, -0.25) is 9.36 Å². The zero-order valence-corrected chi connectivity index (χ0v) is 19.0. The van der Waals surface area contributed by atoms with Crippen LogP contribution in [0.1, 0.15) is 12.0 Å². The number of thioether (sulfide) groups is 1. The fraction of sp³-hybridized carbons (Fsp3) is 0.286. The molecule has 0 spiro atoms. The molecule has 1 aliphatic heterocycles. The monoisotopic (exact) mass is 458 g/mol. The van der Waals surface area contributed by atoms with Crippen molar-refractivity contribution in [3.8, 4) is 17.1 Å². The van der Waals surface area contributed by atoms with Crippen LogP contribution in [-0.4, -0.2) is 59.4 Å². The molecule has 2 aromatic carbocycles. The maximum Gasteiger partial charge on any atom is 0.319 e. The van der Waals surface area contributed by atoms with Gasteiger partial charge in [0, 0.05) is 31.8 Å². The van der Waals surface area contributed by atoms with Crippen LogP contribution in [0, 0.1) is 6.92 Å². The molecule has 0 aliphatic carbocycles. The lowest BCUT2D eigenvalue weighted by Gasteiger charge is -2.14. The van der Waals surface area contributed by atoms with E-state index in [9.17, 15) is 13.2 Å². The third kappa shape index (κ3) is 4.23. The predicted octanol–water partition coefficient (Wildman–Crippen LogP) is 2.90. The van der Waals surface area contributed by atoms with Crippen LogP contribution in [0.2, 0.25) is 0 Å². The molecule has 4 rings (SSSR count). The highest BCUT2D eigenvalue weighted by atomic mass is 32.2. The largest absolute Gasteiger partial charge is 0.465 e. The number of aryl methyl sites for hydroxylation is 1. The SMILES string of the molecule is Cc1cccc(-n2c(S[C@H]3CCOC3=O)nnc2-c2cccc(S(=O)(=O)N(C)C)c2)c1. The molecule has 8 nitrogen and oxygen atoms in total. The van der Waals surface area contributed by atoms with Gasteiger partial charge in [-0.2, -0.15) is 0 Å². The molecule has 0 unspecified atom stereocenters. The van der Waals surface area contributed by atoms with Crippen molar-refractivity contribution >= 4 is 27.8 Å². The second-order valence-electron chi connectivity index (χ2n) is 7.36. The van der Waals surface area contributed by atoms with E-state index in [2.05, 4.69) is 10.2 Å². The number of hydrogen-bond acceptors (Lipinski definition) is 7. The lowest BCUT2D eigenvalue weighted by Crippen LogP contribution is -2.22. The van der Waals surface area contributed by atoms with E-state index in [1.54, 1.807) is 24.3 Å².